The van der Waals surface area contributed by atoms with E-state index in [9.17, 15) is 13.2 Å². The number of aromatic nitrogens is 1. The van der Waals surface area contributed by atoms with E-state index >= 15 is 0 Å². The minimum absolute atomic E-state index is 0.0378. The summed E-state index contributed by atoms with van der Waals surface area (Å²) in [6.45, 7) is 7.85. The van der Waals surface area contributed by atoms with Gasteiger partial charge in [0.1, 0.15) is 5.69 Å². The molecule has 1 aliphatic heterocycles. The standard InChI is InChI=1S/C27H30ClN3O4S/c1-17-10-11-18(2)21(15-17)12-13-25-26(20(4)30-35-25)36(33,34)31-14-6-7-22(16-31)27(32)29-24-9-5-8-23(28)19(24)3/h5,8-13,15,22H,6-7,14,16H2,1-4H3,(H,29,32)/b13-12+/t22-/m1/s1. The molecule has 36 heavy (non-hydrogen) atoms. The maximum atomic E-state index is 13.7. The number of nitrogens with one attached hydrogen (secondary N) is 1. The van der Waals surface area contributed by atoms with Crippen molar-refractivity contribution in [3.8, 4) is 0 Å². The minimum atomic E-state index is -3.93. The van der Waals surface area contributed by atoms with E-state index < -0.39 is 15.9 Å². The molecule has 0 unspecified atom stereocenters. The number of halogens is 1. The van der Waals surface area contributed by atoms with Gasteiger partial charge in [0.25, 0.3) is 0 Å². The van der Waals surface area contributed by atoms with Crippen LogP contribution in [0.2, 0.25) is 5.02 Å². The molecular formula is C27H30ClN3O4S. The van der Waals surface area contributed by atoms with Gasteiger partial charge in [0.05, 0.1) is 5.92 Å². The summed E-state index contributed by atoms with van der Waals surface area (Å²) in [6, 6.07) is 11.4. The van der Waals surface area contributed by atoms with Gasteiger partial charge in [-0.2, -0.15) is 4.31 Å². The smallest absolute Gasteiger partial charge is 0.248 e. The number of carbonyl (C=O) groups excluding carboxylic acids is 1. The van der Waals surface area contributed by atoms with E-state index in [1.54, 1.807) is 31.2 Å². The number of aryl methyl sites for hydroxylation is 3. The monoisotopic (exact) mass is 527 g/mol. The van der Waals surface area contributed by atoms with Crippen molar-refractivity contribution in [1.82, 2.24) is 9.46 Å². The van der Waals surface area contributed by atoms with E-state index in [0.29, 0.717) is 30.1 Å². The van der Waals surface area contributed by atoms with E-state index in [1.807, 2.05) is 45.0 Å². The number of hydrogen-bond donors (Lipinski definition) is 1. The number of sulfonamides is 1. The molecule has 1 atom stereocenters. The first-order valence-electron chi connectivity index (χ1n) is 11.9. The van der Waals surface area contributed by atoms with Crippen LogP contribution in [0.4, 0.5) is 5.69 Å². The average Bonchev–Trinajstić information content (AvgIpc) is 3.23. The van der Waals surface area contributed by atoms with Crippen LogP contribution in [0, 0.1) is 33.6 Å². The Kier molecular flexibility index (Phi) is 7.68. The fourth-order valence-corrected chi connectivity index (χ4v) is 6.33. The lowest BCUT2D eigenvalue weighted by Gasteiger charge is -2.31. The molecule has 1 amide bonds. The normalized spacial score (nSPS) is 17.0. The molecule has 9 heteroatoms. The molecule has 4 rings (SSSR count). The van der Waals surface area contributed by atoms with Gasteiger partial charge in [-0.05, 0) is 75.4 Å². The Bertz CT molecular complexity index is 1430. The first kappa shape index (κ1) is 26.1. The predicted octanol–water partition coefficient (Wildman–Crippen LogP) is 5.77. The molecule has 3 aromatic rings. The van der Waals surface area contributed by atoms with Crippen molar-refractivity contribution in [2.75, 3.05) is 18.4 Å². The fraction of sp³-hybridized carbons (Fsp3) is 0.333. The highest BCUT2D eigenvalue weighted by atomic mass is 35.5. The van der Waals surface area contributed by atoms with Crippen molar-refractivity contribution in [2.45, 2.75) is 45.4 Å². The van der Waals surface area contributed by atoms with Gasteiger partial charge in [0, 0.05) is 23.8 Å². The molecule has 1 fully saturated rings. The molecule has 0 saturated carbocycles. The summed E-state index contributed by atoms with van der Waals surface area (Å²) in [6.07, 6.45) is 4.65. The molecule has 1 N–H and O–H groups in total. The molecule has 2 heterocycles. The van der Waals surface area contributed by atoms with Crippen LogP contribution in [-0.2, 0) is 14.8 Å². The summed E-state index contributed by atoms with van der Waals surface area (Å²) >= 11 is 6.17. The van der Waals surface area contributed by atoms with Crippen molar-refractivity contribution in [1.29, 1.82) is 0 Å². The van der Waals surface area contributed by atoms with Crippen LogP contribution < -0.4 is 5.32 Å². The molecule has 7 nitrogen and oxygen atoms in total. The highest BCUT2D eigenvalue weighted by Crippen LogP contribution is 2.30. The molecule has 190 valence electrons. The molecule has 1 saturated heterocycles. The van der Waals surface area contributed by atoms with E-state index in [1.165, 1.54) is 4.31 Å². The molecule has 2 aromatic carbocycles. The Morgan fingerprint density at radius 2 is 1.94 bits per heavy atom. The topological polar surface area (TPSA) is 92.5 Å². The number of benzene rings is 2. The molecule has 0 bridgehead atoms. The van der Waals surface area contributed by atoms with Gasteiger partial charge in [-0.1, -0.05) is 52.7 Å². The van der Waals surface area contributed by atoms with Gasteiger partial charge >= 0.3 is 0 Å². The zero-order chi connectivity index (χ0) is 26.0. The minimum Gasteiger partial charge on any atom is -0.355 e. The van der Waals surface area contributed by atoms with Crippen LogP contribution in [0.25, 0.3) is 12.2 Å². The van der Waals surface area contributed by atoms with Crippen LogP contribution in [-0.4, -0.2) is 36.9 Å². The number of rotatable bonds is 6. The Balaban J connectivity index is 1.56. The Labute approximate surface area is 217 Å². The lowest BCUT2D eigenvalue weighted by atomic mass is 9.98. The van der Waals surface area contributed by atoms with Crippen molar-refractivity contribution in [3.05, 3.63) is 75.1 Å². The van der Waals surface area contributed by atoms with Gasteiger partial charge in [-0.25, -0.2) is 8.42 Å². The summed E-state index contributed by atoms with van der Waals surface area (Å²) in [5.41, 5.74) is 4.83. The zero-order valence-corrected chi connectivity index (χ0v) is 22.4. The first-order valence-corrected chi connectivity index (χ1v) is 13.7. The maximum Gasteiger partial charge on any atom is 0.248 e. The molecule has 1 aromatic heterocycles. The number of anilines is 1. The number of amides is 1. The van der Waals surface area contributed by atoms with Crippen LogP contribution in [0.1, 0.15) is 46.5 Å². The summed E-state index contributed by atoms with van der Waals surface area (Å²) < 4.78 is 34.2. The van der Waals surface area contributed by atoms with Crippen molar-refractivity contribution in [3.63, 3.8) is 0 Å². The van der Waals surface area contributed by atoms with Gasteiger partial charge in [-0.3, -0.25) is 4.79 Å². The molecule has 0 spiro atoms. The van der Waals surface area contributed by atoms with E-state index in [0.717, 1.165) is 22.3 Å². The Morgan fingerprint density at radius 1 is 1.17 bits per heavy atom. The molecule has 1 aliphatic rings. The second-order valence-electron chi connectivity index (χ2n) is 9.26. The lowest BCUT2D eigenvalue weighted by molar-refractivity contribution is -0.120. The Hall–Kier alpha value is -2.94. The summed E-state index contributed by atoms with van der Waals surface area (Å²) in [4.78, 5) is 13.1. The second kappa shape index (κ2) is 10.6. The summed E-state index contributed by atoms with van der Waals surface area (Å²) in [7, 11) is -3.93. The average molecular weight is 528 g/mol. The SMILES string of the molecule is Cc1ccc(C)c(/C=C/c2onc(C)c2S(=O)(=O)N2CCC[C@@H](C(=O)Nc3cccc(Cl)c3C)C2)c1. The Morgan fingerprint density at radius 3 is 2.72 bits per heavy atom. The van der Waals surface area contributed by atoms with Crippen LogP contribution in [0.5, 0.6) is 0 Å². The van der Waals surface area contributed by atoms with E-state index in [-0.39, 0.29) is 28.8 Å². The van der Waals surface area contributed by atoms with Crippen molar-refractivity contribution in [2.24, 2.45) is 5.92 Å². The van der Waals surface area contributed by atoms with Gasteiger partial charge in [0.15, 0.2) is 10.7 Å². The number of carbonyl (C=O) groups is 1. The highest BCUT2D eigenvalue weighted by Gasteiger charge is 2.37. The highest BCUT2D eigenvalue weighted by molar-refractivity contribution is 7.89. The largest absolute Gasteiger partial charge is 0.355 e. The third kappa shape index (κ3) is 5.40. The van der Waals surface area contributed by atoms with Crippen molar-refractivity contribution < 1.29 is 17.7 Å². The zero-order valence-electron chi connectivity index (χ0n) is 20.8. The summed E-state index contributed by atoms with van der Waals surface area (Å²) in [5.74, 6) is -0.534. The van der Waals surface area contributed by atoms with Crippen LogP contribution in [0.3, 0.4) is 0 Å². The van der Waals surface area contributed by atoms with Gasteiger partial charge < -0.3 is 9.84 Å². The fourth-order valence-electron chi connectivity index (χ4n) is 4.39. The van der Waals surface area contributed by atoms with E-state index in [4.69, 9.17) is 16.1 Å². The summed E-state index contributed by atoms with van der Waals surface area (Å²) in [5, 5.41) is 7.41. The molecule has 0 aliphatic carbocycles. The number of hydrogen-bond acceptors (Lipinski definition) is 5. The number of piperidine rings is 1. The predicted molar refractivity (Wildman–Crippen MR) is 142 cm³/mol. The van der Waals surface area contributed by atoms with Gasteiger partial charge in [-0.15, -0.1) is 0 Å². The molecule has 0 radical (unpaired) electrons. The quantitative estimate of drug-likeness (QED) is 0.439. The first-order chi connectivity index (χ1) is 17.1. The van der Waals surface area contributed by atoms with Crippen molar-refractivity contribution >= 4 is 45.4 Å². The van der Waals surface area contributed by atoms with Gasteiger partial charge in [0.2, 0.25) is 15.9 Å². The van der Waals surface area contributed by atoms with Crippen LogP contribution in [0.15, 0.2) is 45.8 Å². The molecular weight excluding hydrogens is 498 g/mol. The number of nitrogens with zero attached hydrogens (tertiary/aromatic N) is 2. The lowest BCUT2D eigenvalue weighted by Crippen LogP contribution is -2.44. The van der Waals surface area contributed by atoms with E-state index in [2.05, 4.69) is 10.5 Å². The third-order valence-corrected chi connectivity index (χ3v) is 8.99. The van der Waals surface area contributed by atoms with Crippen LogP contribution >= 0.6 is 11.6 Å². The third-order valence-electron chi connectivity index (χ3n) is 6.56. The second-order valence-corrected chi connectivity index (χ2v) is 11.5. The maximum absolute atomic E-state index is 13.7.